The van der Waals surface area contributed by atoms with Crippen LogP contribution in [0.25, 0.3) is 10.9 Å². The molecule has 1 saturated heterocycles. The van der Waals surface area contributed by atoms with Crippen LogP contribution in [0.4, 0.5) is 15.3 Å². The first kappa shape index (κ1) is 16.4. The molecular weight excluding hydrogens is 369 g/mol. The van der Waals surface area contributed by atoms with Crippen molar-refractivity contribution in [3.05, 3.63) is 34.6 Å². The third-order valence-electron chi connectivity index (χ3n) is 5.10. The molecule has 1 unspecified atom stereocenters. The minimum Gasteiger partial charge on any atom is -0.302 e. The summed E-state index contributed by atoms with van der Waals surface area (Å²) < 4.78 is 14.2. The van der Waals surface area contributed by atoms with Crippen molar-refractivity contribution in [1.82, 2.24) is 15.2 Å². The molecule has 0 spiro atoms. The van der Waals surface area contributed by atoms with Gasteiger partial charge in [-0.15, -0.1) is 11.3 Å². The molecule has 138 valence electrons. The van der Waals surface area contributed by atoms with Crippen molar-refractivity contribution in [2.75, 3.05) is 16.8 Å². The van der Waals surface area contributed by atoms with Gasteiger partial charge in [0.25, 0.3) is 0 Å². The van der Waals surface area contributed by atoms with Gasteiger partial charge in [-0.2, -0.15) is 5.10 Å². The average Bonchev–Trinajstić information content (AvgIpc) is 3.37. The fourth-order valence-corrected chi connectivity index (χ4v) is 4.80. The van der Waals surface area contributed by atoms with Crippen LogP contribution in [0, 0.1) is 11.7 Å². The van der Waals surface area contributed by atoms with Crippen molar-refractivity contribution in [2.24, 2.45) is 5.92 Å². The molecule has 2 aliphatic rings. The molecule has 1 aromatic carbocycles. The minimum atomic E-state index is -0.519. The molecule has 0 bridgehead atoms. The van der Waals surface area contributed by atoms with E-state index < -0.39 is 11.7 Å². The normalized spacial score (nSPS) is 19.1. The summed E-state index contributed by atoms with van der Waals surface area (Å²) in [6.45, 7) is 0.171. The van der Waals surface area contributed by atoms with Gasteiger partial charge in [-0.05, 0) is 31.4 Å². The van der Waals surface area contributed by atoms with E-state index in [9.17, 15) is 14.0 Å². The number of thiazole rings is 1. The molecule has 1 aliphatic carbocycles. The summed E-state index contributed by atoms with van der Waals surface area (Å²) in [7, 11) is 0. The molecular formula is C18H16FN5O2S. The van der Waals surface area contributed by atoms with Gasteiger partial charge in [0, 0.05) is 17.8 Å². The summed E-state index contributed by atoms with van der Waals surface area (Å²) in [5.41, 5.74) is 1.58. The zero-order valence-electron chi connectivity index (χ0n) is 14.3. The van der Waals surface area contributed by atoms with Crippen LogP contribution in [0.15, 0.2) is 18.2 Å². The van der Waals surface area contributed by atoms with Crippen molar-refractivity contribution in [2.45, 2.75) is 25.7 Å². The van der Waals surface area contributed by atoms with Gasteiger partial charge in [0.1, 0.15) is 5.82 Å². The highest BCUT2D eigenvalue weighted by atomic mass is 32.1. The summed E-state index contributed by atoms with van der Waals surface area (Å²) in [6.07, 6.45) is 3.15. The maximum Gasteiger partial charge on any atom is 0.231 e. The SMILES string of the molecule is O=C(Nc1nc2c(s1)CCC2)C1CC(=O)N(c2n[nH]c3cccc(F)c23)C1. The lowest BCUT2D eigenvalue weighted by Crippen LogP contribution is -2.28. The molecule has 9 heteroatoms. The van der Waals surface area contributed by atoms with Gasteiger partial charge in [-0.25, -0.2) is 9.37 Å². The number of halogens is 1. The number of aromatic nitrogens is 3. The molecule has 0 radical (unpaired) electrons. The van der Waals surface area contributed by atoms with E-state index in [1.807, 2.05) is 0 Å². The number of carbonyl (C=O) groups excluding carboxylic acids is 2. The number of rotatable bonds is 3. The van der Waals surface area contributed by atoms with E-state index in [-0.39, 0.29) is 36.0 Å². The number of nitrogens with one attached hydrogen (secondary N) is 2. The second-order valence-corrected chi connectivity index (χ2v) is 7.93. The predicted molar refractivity (Wildman–Crippen MR) is 99.3 cm³/mol. The van der Waals surface area contributed by atoms with Crippen LogP contribution in [-0.2, 0) is 22.4 Å². The molecule has 2 amide bonds. The Morgan fingerprint density at radius 3 is 3.11 bits per heavy atom. The van der Waals surface area contributed by atoms with Gasteiger partial charge >= 0.3 is 0 Å². The number of fused-ring (bicyclic) bond motifs is 2. The Hall–Kier alpha value is -2.81. The molecule has 7 nitrogen and oxygen atoms in total. The number of benzene rings is 1. The predicted octanol–water partition coefficient (Wildman–Crippen LogP) is 2.64. The molecule has 2 aromatic heterocycles. The first-order valence-electron chi connectivity index (χ1n) is 8.82. The Labute approximate surface area is 157 Å². The van der Waals surface area contributed by atoms with Crippen molar-refractivity contribution in [3.63, 3.8) is 0 Å². The third-order valence-corrected chi connectivity index (χ3v) is 6.17. The lowest BCUT2D eigenvalue weighted by molar-refractivity contribution is -0.122. The zero-order valence-corrected chi connectivity index (χ0v) is 15.1. The average molecular weight is 385 g/mol. The Balaban J connectivity index is 1.35. The molecule has 1 atom stereocenters. The van der Waals surface area contributed by atoms with Crippen LogP contribution in [0.3, 0.4) is 0 Å². The van der Waals surface area contributed by atoms with E-state index in [0.29, 0.717) is 10.6 Å². The van der Waals surface area contributed by atoms with Crippen LogP contribution in [0.2, 0.25) is 0 Å². The summed E-state index contributed by atoms with van der Waals surface area (Å²) in [5, 5.41) is 10.5. The number of hydrogen-bond donors (Lipinski definition) is 2. The molecule has 1 aliphatic heterocycles. The van der Waals surface area contributed by atoms with Crippen LogP contribution in [0.5, 0.6) is 0 Å². The first-order valence-corrected chi connectivity index (χ1v) is 9.64. The fourth-order valence-electron chi connectivity index (χ4n) is 3.75. The van der Waals surface area contributed by atoms with Gasteiger partial charge in [-0.3, -0.25) is 19.6 Å². The van der Waals surface area contributed by atoms with Crippen molar-refractivity contribution >= 4 is 45.0 Å². The quantitative estimate of drug-likeness (QED) is 0.725. The van der Waals surface area contributed by atoms with E-state index >= 15 is 0 Å². The van der Waals surface area contributed by atoms with E-state index in [1.54, 1.807) is 12.1 Å². The molecule has 1 fully saturated rings. The number of amides is 2. The molecule has 27 heavy (non-hydrogen) atoms. The lowest BCUT2D eigenvalue weighted by Gasteiger charge is -2.14. The number of anilines is 2. The summed E-state index contributed by atoms with van der Waals surface area (Å²) in [4.78, 5) is 32.1. The second-order valence-electron chi connectivity index (χ2n) is 6.85. The molecule has 3 aromatic rings. The largest absolute Gasteiger partial charge is 0.302 e. The molecule has 0 saturated carbocycles. The van der Waals surface area contributed by atoms with Crippen LogP contribution in [0.1, 0.15) is 23.4 Å². The van der Waals surface area contributed by atoms with Crippen molar-refractivity contribution < 1.29 is 14.0 Å². The van der Waals surface area contributed by atoms with E-state index in [4.69, 9.17) is 0 Å². The van der Waals surface area contributed by atoms with Crippen molar-refractivity contribution in [3.8, 4) is 0 Å². The summed E-state index contributed by atoms with van der Waals surface area (Å²) in [5.74, 6) is -1.22. The highest BCUT2D eigenvalue weighted by Gasteiger charge is 2.37. The standard InChI is InChI=1S/C18H16FN5O2S/c19-10-3-1-5-12-15(10)16(23-22-12)24-8-9(7-14(24)25)17(26)21-18-20-11-4-2-6-13(11)27-18/h1,3,5,9H,2,4,6-8H2,(H,22,23)(H,20,21,26). The smallest absolute Gasteiger partial charge is 0.231 e. The van der Waals surface area contributed by atoms with Crippen LogP contribution in [-0.4, -0.2) is 33.5 Å². The lowest BCUT2D eigenvalue weighted by atomic mass is 10.1. The molecule has 5 rings (SSSR count). The third kappa shape index (κ3) is 2.69. The van der Waals surface area contributed by atoms with E-state index in [0.717, 1.165) is 25.0 Å². The number of nitrogens with zero attached hydrogens (tertiary/aromatic N) is 3. The van der Waals surface area contributed by atoms with Crippen LogP contribution >= 0.6 is 11.3 Å². The number of hydrogen-bond acceptors (Lipinski definition) is 5. The number of aromatic amines is 1. The number of aryl methyl sites for hydroxylation is 2. The van der Waals surface area contributed by atoms with Crippen molar-refractivity contribution in [1.29, 1.82) is 0 Å². The van der Waals surface area contributed by atoms with E-state index in [1.165, 1.54) is 27.2 Å². The Bertz CT molecular complexity index is 1050. The van der Waals surface area contributed by atoms with Gasteiger partial charge in [0.15, 0.2) is 10.9 Å². The minimum absolute atomic E-state index is 0.0692. The van der Waals surface area contributed by atoms with Gasteiger partial charge < -0.3 is 5.32 Å². The first-order chi connectivity index (χ1) is 13.1. The summed E-state index contributed by atoms with van der Waals surface area (Å²) in [6, 6.07) is 4.60. The Kier molecular flexibility index (Phi) is 3.71. The number of H-pyrrole nitrogens is 1. The highest BCUT2D eigenvalue weighted by Crippen LogP contribution is 2.33. The monoisotopic (exact) mass is 385 g/mol. The second kappa shape index (κ2) is 6.12. The molecule has 2 N–H and O–H groups in total. The topological polar surface area (TPSA) is 91.0 Å². The Morgan fingerprint density at radius 1 is 1.37 bits per heavy atom. The van der Waals surface area contributed by atoms with Gasteiger partial charge in [-0.1, -0.05) is 6.07 Å². The zero-order chi connectivity index (χ0) is 18.5. The Morgan fingerprint density at radius 2 is 2.26 bits per heavy atom. The molecule has 3 heterocycles. The highest BCUT2D eigenvalue weighted by molar-refractivity contribution is 7.15. The fraction of sp³-hybridized carbons (Fsp3) is 0.333. The maximum absolute atomic E-state index is 14.2. The van der Waals surface area contributed by atoms with Gasteiger partial charge in [0.2, 0.25) is 11.8 Å². The van der Waals surface area contributed by atoms with Gasteiger partial charge in [0.05, 0.1) is 22.5 Å². The number of carbonyl (C=O) groups is 2. The maximum atomic E-state index is 14.2. The summed E-state index contributed by atoms with van der Waals surface area (Å²) >= 11 is 1.50. The van der Waals surface area contributed by atoms with E-state index in [2.05, 4.69) is 20.5 Å². The van der Waals surface area contributed by atoms with Crippen LogP contribution < -0.4 is 10.2 Å².